The molecule has 2 fully saturated rings. The third-order valence-corrected chi connectivity index (χ3v) is 9.90. The van der Waals surface area contributed by atoms with E-state index in [1.807, 2.05) is 23.9 Å². The van der Waals surface area contributed by atoms with Gasteiger partial charge >= 0.3 is 0 Å². The molecule has 0 radical (unpaired) electrons. The summed E-state index contributed by atoms with van der Waals surface area (Å²) in [6, 6.07) is 0. The van der Waals surface area contributed by atoms with Crippen molar-refractivity contribution in [1.29, 1.82) is 0 Å². The number of anilines is 4. The molecule has 6 N–H and O–H groups in total. The van der Waals surface area contributed by atoms with E-state index in [0.717, 1.165) is 51.3 Å². The smallest absolute Gasteiger partial charge is 0.263 e. The zero-order valence-corrected chi connectivity index (χ0v) is 26.8. The summed E-state index contributed by atoms with van der Waals surface area (Å²) in [6.07, 6.45) is 11.9. The van der Waals surface area contributed by atoms with E-state index in [2.05, 4.69) is 26.0 Å². The lowest BCUT2D eigenvalue weighted by Gasteiger charge is -2.42. The highest BCUT2D eigenvalue weighted by molar-refractivity contribution is 6.12. The van der Waals surface area contributed by atoms with Gasteiger partial charge in [-0.3, -0.25) is 15.1 Å². The van der Waals surface area contributed by atoms with Crippen molar-refractivity contribution >= 4 is 28.9 Å². The van der Waals surface area contributed by atoms with Crippen LogP contribution in [-0.2, 0) is 5.54 Å². The minimum absolute atomic E-state index is 0.0141. The van der Waals surface area contributed by atoms with Crippen molar-refractivity contribution in [2.24, 2.45) is 5.92 Å². The Bertz CT molecular complexity index is 1270. The Morgan fingerprint density at radius 3 is 2.42 bits per heavy atom. The van der Waals surface area contributed by atoms with Crippen molar-refractivity contribution in [3.05, 3.63) is 23.8 Å². The number of nitrogens with one attached hydrogen (secondary N) is 3. The maximum atomic E-state index is 15.9. The van der Waals surface area contributed by atoms with E-state index in [4.69, 9.17) is 5.73 Å². The number of alkyl halides is 1. The molecule has 250 valence electrons. The van der Waals surface area contributed by atoms with Gasteiger partial charge in [-0.25, -0.2) is 13.5 Å². The van der Waals surface area contributed by atoms with Gasteiger partial charge in [0.1, 0.15) is 29.5 Å². The quantitative estimate of drug-likeness (QED) is 0.270. The van der Waals surface area contributed by atoms with Crippen molar-refractivity contribution in [3.8, 4) is 0 Å². The Balaban J connectivity index is 1.33. The monoisotopic (exact) mass is 631 g/mol. The fraction of sp³-hybridized carbons (Fsp3) is 0.719. The number of halogens is 2. The number of nitrogen functional groups attached to an aromatic ring is 1. The molecule has 1 saturated carbocycles. The normalized spacial score (nSPS) is 22.0. The number of nitrogens with two attached hydrogens (primary N) is 1. The summed E-state index contributed by atoms with van der Waals surface area (Å²) in [6.45, 7) is 2.58. The molecule has 2 aromatic heterocycles. The number of rotatable bonds is 8. The number of pyridine rings is 1. The first kappa shape index (κ1) is 33.3. The number of hydrogen-bond acceptors (Lipinski definition) is 9. The lowest BCUT2D eigenvalue weighted by Crippen LogP contribution is -2.51. The van der Waals surface area contributed by atoms with Crippen molar-refractivity contribution in [1.82, 2.24) is 25.0 Å². The van der Waals surface area contributed by atoms with Crippen LogP contribution in [0.25, 0.3) is 0 Å². The van der Waals surface area contributed by atoms with Gasteiger partial charge in [0.25, 0.3) is 5.91 Å². The zero-order chi connectivity index (χ0) is 32.0. The van der Waals surface area contributed by atoms with Crippen molar-refractivity contribution < 1.29 is 18.7 Å². The number of aliphatic hydroxyl groups is 1. The maximum absolute atomic E-state index is 15.9. The van der Waals surface area contributed by atoms with Gasteiger partial charge in [-0.15, -0.1) is 0 Å². The van der Waals surface area contributed by atoms with Crippen molar-refractivity contribution in [2.45, 2.75) is 95.0 Å². The van der Waals surface area contributed by atoms with Crippen LogP contribution in [0, 0.1) is 11.7 Å². The first-order valence-electron chi connectivity index (χ1n) is 16.7. The Labute approximate surface area is 265 Å². The minimum atomic E-state index is -1.16. The number of nitrogens with zero attached hydrogens (tertiary/aromatic N) is 5. The van der Waals surface area contributed by atoms with Crippen LogP contribution in [0.2, 0.25) is 0 Å². The fourth-order valence-corrected chi connectivity index (χ4v) is 7.29. The molecular weight excluding hydrogens is 580 g/mol. The molecule has 1 spiro atoms. The van der Waals surface area contributed by atoms with Gasteiger partial charge in [0, 0.05) is 38.6 Å². The number of piperidine rings is 1. The number of fused-ring (bicyclic) bond motifs is 2. The third-order valence-electron chi connectivity index (χ3n) is 9.90. The van der Waals surface area contributed by atoms with E-state index in [1.165, 1.54) is 19.0 Å². The molecule has 0 bridgehead atoms. The van der Waals surface area contributed by atoms with E-state index in [1.54, 1.807) is 4.68 Å². The number of amides is 1. The number of carbonyl (C=O) groups is 1. The molecule has 2 atom stereocenters. The lowest BCUT2D eigenvalue weighted by atomic mass is 9.81. The molecule has 13 heteroatoms. The largest absolute Gasteiger partial charge is 0.381 e. The van der Waals surface area contributed by atoms with E-state index in [-0.39, 0.29) is 35.2 Å². The molecule has 0 aromatic carbocycles. The Morgan fingerprint density at radius 2 is 1.78 bits per heavy atom. The predicted octanol–water partition coefficient (Wildman–Crippen LogP) is 4.31. The summed E-state index contributed by atoms with van der Waals surface area (Å²) < 4.78 is 32.8. The average molecular weight is 632 g/mol. The van der Waals surface area contributed by atoms with E-state index < -0.39 is 29.7 Å². The molecule has 3 aliphatic rings. The molecule has 1 aliphatic carbocycles. The second-order valence-corrected chi connectivity index (χ2v) is 13.3. The van der Waals surface area contributed by atoms with Gasteiger partial charge in [-0.1, -0.05) is 51.4 Å². The molecule has 2 aliphatic heterocycles. The van der Waals surface area contributed by atoms with Crippen LogP contribution < -0.4 is 26.6 Å². The molecule has 45 heavy (non-hydrogen) atoms. The molecule has 1 saturated heterocycles. The van der Waals surface area contributed by atoms with Crippen LogP contribution in [0.4, 0.5) is 31.8 Å². The van der Waals surface area contributed by atoms with Crippen LogP contribution in [0.15, 0.2) is 12.4 Å². The highest BCUT2D eigenvalue weighted by Crippen LogP contribution is 2.43. The highest BCUT2D eigenvalue weighted by Gasteiger charge is 2.47. The predicted molar refractivity (Wildman–Crippen MR) is 174 cm³/mol. The summed E-state index contributed by atoms with van der Waals surface area (Å²) >= 11 is 0. The molecular formula is C32H51F2N9O2. The van der Waals surface area contributed by atoms with Gasteiger partial charge < -0.3 is 31.3 Å². The number of hydrogen-bond donors (Lipinski definition) is 5. The van der Waals surface area contributed by atoms with Crippen LogP contribution in [0.5, 0.6) is 0 Å². The van der Waals surface area contributed by atoms with Gasteiger partial charge in [-0.05, 0) is 39.8 Å². The summed E-state index contributed by atoms with van der Waals surface area (Å²) in [5.74, 6) is -0.629. The maximum Gasteiger partial charge on any atom is 0.263 e. The number of aromatic nitrogens is 3. The van der Waals surface area contributed by atoms with Crippen molar-refractivity contribution in [3.63, 3.8) is 0 Å². The van der Waals surface area contributed by atoms with Gasteiger partial charge in [0.15, 0.2) is 11.6 Å². The Kier molecular flexibility index (Phi) is 11.1. The Morgan fingerprint density at radius 1 is 1.13 bits per heavy atom. The molecule has 2 unspecified atom stereocenters. The first-order chi connectivity index (χ1) is 21.7. The van der Waals surface area contributed by atoms with Crippen LogP contribution in [0.1, 0.15) is 87.4 Å². The SMILES string of the molecule is CN(C)CCNC(O)C1CCN(c2c(F)cncc2NC(=O)c2c(N)nn3c2NCC(F)C32CCCCCCCCCC2)CC1. The third kappa shape index (κ3) is 7.52. The standard InChI is InChI=1S/C32H51F2N9O2/c1-41(2)18-15-37-30(44)22-11-16-42(17-12-22)27-23(33)19-36-20-24(27)39-31(45)26-28(35)40-43-29(26)38-21-25(34)32(43)13-9-7-5-3-4-6-8-10-14-32/h19-20,22,25,30,37-38,44H,3-18,21H2,1-2H3,(H2,35,40)(H,39,45). The first-order valence-corrected chi connectivity index (χ1v) is 16.7. The zero-order valence-electron chi connectivity index (χ0n) is 26.8. The molecule has 2 aromatic rings. The van der Waals surface area contributed by atoms with Gasteiger partial charge in [-0.2, -0.15) is 5.10 Å². The second-order valence-electron chi connectivity index (χ2n) is 13.3. The number of likely N-dealkylation sites (N-methyl/N-ethyl adjacent to an activating group) is 1. The van der Waals surface area contributed by atoms with Crippen LogP contribution >= 0.6 is 0 Å². The summed E-state index contributed by atoms with van der Waals surface area (Å²) in [5.41, 5.74) is 6.13. The highest BCUT2D eigenvalue weighted by atomic mass is 19.1. The summed E-state index contributed by atoms with van der Waals surface area (Å²) in [5, 5.41) is 24.3. The molecule has 11 nitrogen and oxygen atoms in total. The summed E-state index contributed by atoms with van der Waals surface area (Å²) in [4.78, 5) is 21.8. The second kappa shape index (κ2) is 15.0. The topological polar surface area (TPSA) is 137 Å². The van der Waals surface area contributed by atoms with Crippen molar-refractivity contribution in [2.75, 3.05) is 68.1 Å². The van der Waals surface area contributed by atoms with Gasteiger partial charge in [0.2, 0.25) is 0 Å². The van der Waals surface area contributed by atoms with Crippen LogP contribution in [-0.4, -0.2) is 89.9 Å². The number of carbonyl (C=O) groups excluding carboxylic acids is 1. The number of aliphatic hydroxyl groups excluding tert-OH is 1. The summed E-state index contributed by atoms with van der Waals surface area (Å²) in [7, 11) is 3.97. The van der Waals surface area contributed by atoms with Gasteiger partial charge in [0.05, 0.1) is 23.6 Å². The molecule has 4 heterocycles. The van der Waals surface area contributed by atoms with E-state index in [9.17, 15) is 9.90 Å². The average Bonchev–Trinajstić information content (AvgIpc) is 3.33. The lowest BCUT2D eigenvalue weighted by molar-refractivity contribution is 0.0607. The fourth-order valence-electron chi connectivity index (χ4n) is 7.29. The molecule has 1 amide bonds. The minimum Gasteiger partial charge on any atom is -0.381 e. The van der Waals surface area contributed by atoms with Crippen LogP contribution in [0.3, 0.4) is 0 Å². The van der Waals surface area contributed by atoms with E-state index >= 15 is 8.78 Å². The van der Waals surface area contributed by atoms with E-state index in [0.29, 0.717) is 51.1 Å². The Hall–Kier alpha value is -3.03. The molecule has 5 rings (SSSR count).